The van der Waals surface area contributed by atoms with Crippen molar-refractivity contribution < 1.29 is 4.74 Å². The van der Waals surface area contributed by atoms with Gasteiger partial charge in [-0.2, -0.15) is 5.10 Å². The fraction of sp³-hybridized carbons (Fsp3) is 0.200. The predicted octanol–water partition coefficient (Wildman–Crippen LogP) is 10.3. The SMILES string of the molecule is Cc1ccc2c(c1)c1ccc(Oc3cccc(-n4nc(C)c(-c5ccccc5)c4C)c3)cc1n2-c1cc(CCC(C)C)ccn1. The van der Waals surface area contributed by atoms with Crippen molar-refractivity contribution in [3.05, 3.63) is 132 Å². The Kier molecular flexibility index (Phi) is 7.46. The van der Waals surface area contributed by atoms with Gasteiger partial charge in [-0.15, -0.1) is 0 Å². The molecule has 0 unspecified atom stereocenters. The van der Waals surface area contributed by atoms with Crippen molar-refractivity contribution in [1.82, 2.24) is 19.3 Å². The molecule has 7 aromatic rings. The van der Waals surface area contributed by atoms with Crippen molar-refractivity contribution in [2.75, 3.05) is 0 Å². The molecule has 0 radical (unpaired) electrons. The molecule has 4 aromatic carbocycles. The Balaban J connectivity index is 1.27. The minimum absolute atomic E-state index is 0.656. The summed E-state index contributed by atoms with van der Waals surface area (Å²) >= 11 is 0. The van der Waals surface area contributed by atoms with Gasteiger partial charge >= 0.3 is 0 Å². The highest BCUT2D eigenvalue weighted by Gasteiger charge is 2.17. The molecule has 0 aliphatic rings. The number of hydrogen-bond donors (Lipinski definition) is 0. The van der Waals surface area contributed by atoms with E-state index in [9.17, 15) is 0 Å². The number of hydrogen-bond acceptors (Lipinski definition) is 3. The first-order valence-electron chi connectivity index (χ1n) is 15.8. The van der Waals surface area contributed by atoms with Gasteiger partial charge in [0.2, 0.25) is 0 Å². The molecule has 3 aromatic heterocycles. The van der Waals surface area contributed by atoms with Crippen molar-refractivity contribution in [2.24, 2.45) is 5.92 Å². The molecule has 0 amide bonds. The smallest absolute Gasteiger partial charge is 0.137 e. The molecule has 0 N–H and O–H groups in total. The van der Waals surface area contributed by atoms with E-state index in [4.69, 9.17) is 14.8 Å². The second kappa shape index (κ2) is 11.7. The lowest BCUT2D eigenvalue weighted by atomic mass is 10.0. The molecular weight excluding hydrogens is 552 g/mol. The Hall–Kier alpha value is -5.16. The number of aromatic nitrogens is 4. The van der Waals surface area contributed by atoms with Gasteiger partial charge in [0.1, 0.15) is 17.3 Å². The highest BCUT2D eigenvalue weighted by Crippen LogP contribution is 2.36. The van der Waals surface area contributed by atoms with Crippen LogP contribution < -0.4 is 4.74 Å². The third-order valence-electron chi connectivity index (χ3n) is 8.59. The van der Waals surface area contributed by atoms with E-state index in [0.29, 0.717) is 5.92 Å². The van der Waals surface area contributed by atoms with Crippen LogP contribution >= 0.6 is 0 Å². The minimum atomic E-state index is 0.656. The van der Waals surface area contributed by atoms with E-state index in [-0.39, 0.29) is 0 Å². The quantitative estimate of drug-likeness (QED) is 0.177. The summed E-state index contributed by atoms with van der Waals surface area (Å²) in [5.41, 5.74) is 10.1. The number of rotatable bonds is 8. The number of ether oxygens (including phenoxy) is 1. The van der Waals surface area contributed by atoms with E-state index >= 15 is 0 Å². The van der Waals surface area contributed by atoms with Crippen LogP contribution in [0.3, 0.4) is 0 Å². The molecule has 5 heteroatoms. The molecule has 5 nitrogen and oxygen atoms in total. The Morgan fingerprint density at radius 3 is 2.38 bits per heavy atom. The standard InChI is InChI=1S/C40H38N4O/c1-26(2)14-16-30-20-21-41-39(23-30)43-37-19-15-27(3)22-36(37)35-18-17-34(25-38(35)43)45-33-13-9-12-32(24-33)44-29(5)40(28(4)42-44)31-10-7-6-8-11-31/h6-13,15,17-26H,14,16H2,1-5H3. The average Bonchev–Trinajstić information content (AvgIpc) is 3.52. The second-order valence-corrected chi connectivity index (χ2v) is 12.4. The van der Waals surface area contributed by atoms with Crippen molar-refractivity contribution in [2.45, 2.75) is 47.5 Å². The molecule has 0 aliphatic heterocycles. The van der Waals surface area contributed by atoms with E-state index in [1.165, 1.54) is 27.5 Å². The summed E-state index contributed by atoms with van der Waals surface area (Å²) in [6.45, 7) is 10.9. The third-order valence-corrected chi connectivity index (χ3v) is 8.59. The first-order chi connectivity index (χ1) is 21.9. The summed E-state index contributed by atoms with van der Waals surface area (Å²) in [5, 5.41) is 7.30. The topological polar surface area (TPSA) is 44.9 Å². The summed E-state index contributed by atoms with van der Waals surface area (Å²) in [7, 11) is 0. The molecule has 45 heavy (non-hydrogen) atoms. The zero-order valence-electron chi connectivity index (χ0n) is 26.6. The van der Waals surface area contributed by atoms with Gasteiger partial charge in [0.15, 0.2) is 0 Å². The molecular formula is C40H38N4O. The van der Waals surface area contributed by atoms with Crippen molar-refractivity contribution in [3.8, 4) is 34.1 Å². The predicted molar refractivity (Wildman–Crippen MR) is 185 cm³/mol. The second-order valence-electron chi connectivity index (χ2n) is 12.4. The molecule has 224 valence electrons. The molecule has 0 bridgehead atoms. The number of nitrogens with zero attached hydrogens (tertiary/aromatic N) is 4. The van der Waals surface area contributed by atoms with E-state index in [2.05, 4.69) is 124 Å². The molecule has 0 atom stereocenters. The lowest BCUT2D eigenvalue weighted by Gasteiger charge is -2.12. The van der Waals surface area contributed by atoms with E-state index in [1.54, 1.807) is 0 Å². The first-order valence-corrected chi connectivity index (χ1v) is 15.8. The van der Waals surface area contributed by atoms with Gasteiger partial charge in [-0.1, -0.05) is 61.9 Å². The maximum Gasteiger partial charge on any atom is 0.137 e. The van der Waals surface area contributed by atoms with Crippen molar-refractivity contribution >= 4 is 21.8 Å². The number of fused-ring (bicyclic) bond motifs is 3. The molecule has 0 aliphatic carbocycles. The fourth-order valence-electron chi connectivity index (χ4n) is 6.35. The van der Waals surface area contributed by atoms with Crippen molar-refractivity contribution in [1.29, 1.82) is 0 Å². The van der Waals surface area contributed by atoms with E-state index < -0.39 is 0 Å². The van der Waals surface area contributed by atoms with E-state index in [1.807, 2.05) is 29.1 Å². The molecule has 7 rings (SSSR count). The van der Waals surface area contributed by atoms with Gasteiger partial charge in [-0.3, -0.25) is 4.57 Å². The van der Waals surface area contributed by atoms with Crippen LogP contribution in [0, 0.1) is 26.7 Å². The number of aryl methyl sites for hydroxylation is 3. The van der Waals surface area contributed by atoms with Crippen LogP contribution in [-0.4, -0.2) is 19.3 Å². The summed E-state index contributed by atoms with van der Waals surface area (Å²) in [4.78, 5) is 4.84. The summed E-state index contributed by atoms with van der Waals surface area (Å²) in [6, 6.07) is 36.0. The van der Waals surface area contributed by atoms with Crippen molar-refractivity contribution in [3.63, 3.8) is 0 Å². The monoisotopic (exact) mass is 590 g/mol. The molecule has 0 saturated heterocycles. The Morgan fingerprint density at radius 2 is 1.56 bits per heavy atom. The maximum absolute atomic E-state index is 6.53. The van der Waals surface area contributed by atoms with E-state index in [0.717, 1.165) is 63.8 Å². The Bertz CT molecular complexity index is 2150. The van der Waals surface area contributed by atoms with Crippen LogP contribution in [0.2, 0.25) is 0 Å². The van der Waals surface area contributed by atoms with Gasteiger partial charge in [0.05, 0.1) is 22.4 Å². The highest BCUT2D eigenvalue weighted by atomic mass is 16.5. The third kappa shape index (κ3) is 5.51. The van der Waals surface area contributed by atoms with Crippen LogP contribution in [0.1, 0.15) is 42.8 Å². The molecule has 0 spiro atoms. The Morgan fingerprint density at radius 1 is 0.733 bits per heavy atom. The molecule has 3 heterocycles. The van der Waals surface area contributed by atoms with Gasteiger partial charge in [0, 0.05) is 40.4 Å². The highest BCUT2D eigenvalue weighted by molar-refractivity contribution is 6.09. The van der Waals surface area contributed by atoms with Gasteiger partial charge < -0.3 is 4.74 Å². The lowest BCUT2D eigenvalue weighted by Crippen LogP contribution is -2.00. The van der Waals surface area contributed by atoms with Gasteiger partial charge in [-0.25, -0.2) is 9.67 Å². The van der Waals surface area contributed by atoms with Crippen LogP contribution in [0.4, 0.5) is 0 Å². The van der Waals surface area contributed by atoms with Gasteiger partial charge in [-0.05, 0) is 99.2 Å². The lowest BCUT2D eigenvalue weighted by molar-refractivity contribution is 0.482. The number of benzene rings is 4. The van der Waals surface area contributed by atoms with Crippen LogP contribution in [0.5, 0.6) is 11.5 Å². The summed E-state index contributed by atoms with van der Waals surface area (Å²) in [5.74, 6) is 3.11. The molecule has 0 fully saturated rings. The van der Waals surface area contributed by atoms with Gasteiger partial charge in [0.25, 0.3) is 0 Å². The number of pyridine rings is 1. The Labute approximate surface area is 264 Å². The zero-order chi connectivity index (χ0) is 31.1. The fourth-order valence-corrected chi connectivity index (χ4v) is 6.35. The minimum Gasteiger partial charge on any atom is -0.457 e. The van der Waals surface area contributed by atoms with Crippen LogP contribution in [-0.2, 0) is 6.42 Å². The summed E-state index contributed by atoms with van der Waals surface area (Å²) in [6.07, 6.45) is 4.12. The van der Waals surface area contributed by atoms with Crippen LogP contribution in [0.15, 0.2) is 109 Å². The largest absolute Gasteiger partial charge is 0.457 e. The summed E-state index contributed by atoms with van der Waals surface area (Å²) < 4.78 is 10.8. The first kappa shape index (κ1) is 28.6. The normalized spacial score (nSPS) is 11.6. The molecule has 0 saturated carbocycles. The maximum atomic E-state index is 6.53. The van der Waals surface area contributed by atoms with Crippen LogP contribution in [0.25, 0.3) is 44.4 Å². The average molecular weight is 591 g/mol. The zero-order valence-corrected chi connectivity index (χ0v) is 26.6.